The maximum Gasteiger partial charge on any atom is 0.265 e. The van der Waals surface area contributed by atoms with Crippen molar-refractivity contribution in [2.24, 2.45) is 10.9 Å². The van der Waals surface area contributed by atoms with Crippen LogP contribution in [-0.4, -0.2) is 82.4 Å². The fraction of sp³-hybridized carbons (Fsp3) is 0.652. The summed E-state index contributed by atoms with van der Waals surface area (Å²) >= 11 is 0. The van der Waals surface area contributed by atoms with Crippen LogP contribution in [0.15, 0.2) is 29.3 Å². The Morgan fingerprint density at radius 1 is 1.19 bits per heavy atom. The number of benzene rings is 1. The summed E-state index contributed by atoms with van der Waals surface area (Å²) in [6, 6.07) is 8.15. The van der Waals surface area contributed by atoms with Crippen molar-refractivity contribution in [1.29, 1.82) is 0 Å². The Morgan fingerprint density at radius 2 is 1.97 bits per heavy atom. The van der Waals surface area contributed by atoms with E-state index in [1.165, 1.54) is 0 Å². The number of guanidine groups is 1. The van der Waals surface area contributed by atoms with Gasteiger partial charge in [0.2, 0.25) is 0 Å². The van der Waals surface area contributed by atoms with Gasteiger partial charge in [0.1, 0.15) is 5.75 Å². The van der Waals surface area contributed by atoms with Gasteiger partial charge < -0.3 is 25.0 Å². The molecule has 31 heavy (non-hydrogen) atoms. The lowest BCUT2D eigenvalue weighted by Crippen LogP contribution is -2.51. The van der Waals surface area contributed by atoms with Crippen molar-refractivity contribution in [3.63, 3.8) is 0 Å². The second-order valence-electron chi connectivity index (χ2n) is 8.47. The zero-order valence-corrected chi connectivity index (χ0v) is 19.1. The Balaban J connectivity index is 1.44. The van der Waals surface area contributed by atoms with Crippen LogP contribution in [0.1, 0.15) is 26.7 Å². The van der Waals surface area contributed by atoms with Crippen LogP contribution in [0.5, 0.6) is 5.75 Å². The highest BCUT2D eigenvalue weighted by molar-refractivity contribution is 5.97. The van der Waals surface area contributed by atoms with Gasteiger partial charge in [0.25, 0.3) is 5.91 Å². The maximum absolute atomic E-state index is 12.3. The minimum atomic E-state index is 0.00301. The van der Waals surface area contributed by atoms with Gasteiger partial charge in [-0.05, 0) is 30.9 Å². The Kier molecular flexibility index (Phi) is 8.97. The average Bonchev–Trinajstić information content (AvgIpc) is 2.79. The molecule has 2 N–H and O–H groups in total. The molecule has 1 aromatic carbocycles. The van der Waals surface area contributed by atoms with E-state index in [1.807, 2.05) is 29.2 Å². The van der Waals surface area contributed by atoms with Gasteiger partial charge in [-0.25, -0.2) is 0 Å². The molecule has 2 aliphatic heterocycles. The van der Waals surface area contributed by atoms with E-state index in [4.69, 9.17) is 9.47 Å². The number of aliphatic imine (C=N–C) groups is 1. The molecule has 0 bridgehead atoms. The number of ether oxygens (including phenoxy) is 2. The van der Waals surface area contributed by atoms with Gasteiger partial charge >= 0.3 is 0 Å². The van der Waals surface area contributed by atoms with Gasteiger partial charge in [-0.2, -0.15) is 0 Å². The van der Waals surface area contributed by atoms with Crippen LogP contribution in [0.3, 0.4) is 0 Å². The summed E-state index contributed by atoms with van der Waals surface area (Å²) in [5.74, 6) is 2.21. The second kappa shape index (κ2) is 11.9. The summed E-state index contributed by atoms with van der Waals surface area (Å²) in [5.41, 5.74) is 0.850. The SMILES string of the molecule is CN=C(NCCCN1C(=O)COc2ccccc21)NCC(CC(C)C)N1CCOCC1. The summed E-state index contributed by atoms with van der Waals surface area (Å²) in [5, 5.41) is 6.88. The fourth-order valence-electron chi connectivity index (χ4n) is 4.13. The lowest BCUT2D eigenvalue weighted by Gasteiger charge is -2.35. The zero-order chi connectivity index (χ0) is 22.1. The number of morpholine rings is 1. The number of fused-ring (bicyclic) bond motifs is 1. The van der Waals surface area contributed by atoms with Crippen LogP contribution >= 0.6 is 0 Å². The van der Waals surface area contributed by atoms with E-state index >= 15 is 0 Å². The van der Waals surface area contributed by atoms with E-state index in [1.54, 1.807) is 7.05 Å². The molecule has 1 saturated heterocycles. The predicted molar refractivity (Wildman–Crippen MR) is 124 cm³/mol. The lowest BCUT2D eigenvalue weighted by molar-refractivity contribution is -0.121. The summed E-state index contributed by atoms with van der Waals surface area (Å²) < 4.78 is 11.0. The molecule has 0 radical (unpaired) electrons. The van der Waals surface area contributed by atoms with E-state index in [2.05, 4.69) is 34.4 Å². The standard InChI is InChI=1S/C23H37N5O3/c1-18(2)15-19(27-11-13-30-14-12-27)16-26-23(24-3)25-9-6-10-28-20-7-4-5-8-21(20)31-17-22(28)29/h4-5,7-8,18-19H,6,9-17H2,1-3H3,(H2,24,25,26). The third-order valence-corrected chi connectivity index (χ3v) is 5.69. The van der Waals surface area contributed by atoms with Gasteiger partial charge in [-0.1, -0.05) is 26.0 Å². The summed E-state index contributed by atoms with van der Waals surface area (Å²) in [6.45, 7) is 10.5. The molecule has 1 atom stereocenters. The monoisotopic (exact) mass is 431 g/mol. The molecule has 172 valence electrons. The third kappa shape index (κ3) is 6.83. The minimum absolute atomic E-state index is 0.00301. The molecule has 1 unspecified atom stereocenters. The van der Waals surface area contributed by atoms with E-state index < -0.39 is 0 Å². The van der Waals surface area contributed by atoms with Crippen molar-refractivity contribution < 1.29 is 14.3 Å². The van der Waals surface area contributed by atoms with Crippen LogP contribution in [0, 0.1) is 5.92 Å². The molecule has 2 heterocycles. The van der Waals surface area contributed by atoms with Crippen LogP contribution in [0.25, 0.3) is 0 Å². The molecule has 1 amide bonds. The van der Waals surface area contributed by atoms with Gasteiger partial charge in [0, 0.05) is 45.8 Å². The Hall–Kier alpha value is -2.32. The molecule has 0 spiro atoms. The van der Waals surface area contributed by atoms with E-state index in [9.17, 15) is 4.79 Å². The highest BCUT2D eigenvalue weighted by Crippen LogP contribution is 2.31. The number of carbonyl (C=O) groups is 1. The largest absolute Gasteiger partial charge is 0.482 e. The Bertz CT molecular complexity index is 734. The van der Waals surface area contributed by atoms with E-state index in [-0.39, 0.29) is 12.5 Å². The second-order valence-corrected chi connectivity index (χ2v) is 8.47. The maximum atomic E-state index is 12.3. The molecular weight excluding hydrogens is 394 g/mol. The Labute approximate surface area is 186 Å². The van der Waals surface area contributed by atoms with Gasteiger partial charge in [-0.15, -0.1) is 0 Å². The van der Waals surface area contributed by atoms with Crippen molar-refractivity contribution in [2.75, 3.05) is 64.5 Å². The van der Waals surface area contributed by atoms with Crippen molar-refractivity contribution in [1.82, 2.24) is 15.5 Å². The van der Waals surface area contributed by atoms with Crippen molar-refractivity contribution in [3.8, 4) is 5.75 Å². The van der Waals surface area contributed by atoms with Crippen molar-refractivity contribution in [3.05, 3.63) is 24.3 Å². The van der Waals surface area contributed by atoms with E-state index in [0.29, 0.717) is 18.5 Å². The number of para-hydroxylation sites is 2. The number of anilines is 1. The van der Waals surface area contributed by atoms with Crippen molar-refractivity contribution in [2.45, 2.75) is 32.7 Å². The van der Waals surface area contributed by atoms with Crippen LogP contribution in [0.2, 0.25) is 0 Å². The lowest BCUT2D eigenvalue weighted by atomic mass is 10.0. The molecule has 0 saturated carbocycles. The molecule has 0 aliphatic carbocycles. The first-order valence-corrected chi connectivity index (χ1v) is 11.4. The molecule has 8 nitrogen and oxygen atoms in total. The topological polar surface area (TPSA) is 78.4 Å². The first-order chi connectivity index (χ1) is 15.1. The molecule has 2 aliphatic rings. The molecule has 8 heteroatoms. The molecule has 1 fully saturated rings. The first-order valence-electron chi connectivity index (χ1n) is 11.4. The molecule has 3 rings (SSSR count). The van der Waals surface area contributed by atoms with Gasteiger partial charge in [0.15, 0.2) is 12.6 Å². The highest BCUT2D eigenvalue weighted by Gasteiger charge is 2.25. The molecule has 0 aromatic heterocycles. The third-order valence-electron chi connectivity index (χ3n) is 5.69. The number of carbonyl (C=O) groups excluding carboxylic acids is 1. The molecular formula is C23H37N5O3. The Morgan fingerprint density at radius 3 is 2.71 bits per heavy atom. The van der Waals surface area contributed by atoms with Crippen LogP contribution in [0.4, 0.5) is 5.69 Å². The zero-order valence-electron chi connectivity index (χ0n) is 19.1. The summed E-state index contributed by atoms with van der Waals surface area (Å²) in [6.07, 6.45) is 1.96. The van der Waals surface area contributed by atoms with Crippen LogP contribution < -0.4 is 20.3 Å². The smallest absolute Gasteiger partial charge is 0.265 e. The number of rotatable bonds is 9. The normalized spacial score (nSPS) is 18.5. The highest BCUT2D eigenvalue weighted by atomic mass is 16.5. The average molecular weight is 432 g/mol. The summed E-state index contributed by atoms with van der Waals surface area (Å²) in [7, 11) is 1.79. The quantitative estimate of drug-likeness (QED) is 0.352. The predicted octanol–water partition coefficient (Wildman–Crippen LogP) is 1.71. The van der Waals surface area contributed by atoms with Crippen LogP contribution in [-0.2, 0) is 9.53 Å². The van der Waals surface area contributed by atoms with E-state index in [0.717, 1.165) is 69.6 Å². The number of hydrogen-bond donors (Lipinski definition) is 2. The minimum Gasteiger partial charge on any atom is -0.482 e. The van der Waals surface area contributed by atoms with Gasteiger partial charge in [0.05, 0.1) is 18.9 Å². The summed E-state index contributed by atoms with van der Waals surface area (Å²) in [4.78, 5) is 21.0. The number of hydrogen-bond acceptors (Lipinski definition) is 5. The number of nitrogens with one attached hydrogen (secondary N) is 2. The molecule has 1 aromatic rings. The fourth-order valence-corrected chi connectivity index (χ4v) is 4.13. The number of amides is 1. The van der Waals surface area contributed by atoms with Gasteiger partial charge in [-0.3, -0.25) is 14.7 Å². The van der Waals surface area contributed by atoms with Crippen molar-refractivity contribution >= 4 is 17.6 Å². The number of nitrogens with zero attached hydrogens (tertiary/aromatic N) is 3. The first kappa shape index (κ1) is 23.3.